The van der Waals surface area contributed by atoms with Crippen LogP contribution in [0.15, 0.2) is 24.3 Å². The maximum Gasteiger partial charge on any atom is 0.251 e. The van der Waals surface area contributed by atoms with Gasteiger partial charge >= 0.3 is 0 Å². The predicted octanol–water partition coefficient (Wildman–Crippen LogP) is 2.40. The lowest BCUT2D eigenvalue weighted by Gasteiger charge is -2.14. The predicted molar refractivity (Wildman–Crippen MR) is 93.7 cm³/mol. The second kappa shape index (κ2) is 11.3. The highest BCUT2D eigenvalue weighted by molar-refractivity contribution is 5.94. The topological polar surface area (TPSA) is 59.6 Å². The summed E-state index contributed by atoms with van der Waals surface area (Å²) in [6.07, 6.45) is 5.01. The number of carbonyl (C=O) groups excluding carboxylic acids is 1. The third-order valence-corrected chi connectivity index (χ3v) is 3.77. The van der Waals surface area contributed by atoms with Crippen molar-refractivity contribution in [3.63, 3.8) is 0 Å². The first kappa shape index (κ1) is 19.7. The third kappa shape index (κ3) is 7.20. The Morgan fingerprint density at radius 1 is 1.22 bits per heavy atom. The van der Waals surface area contributed by atoms with Crippen LogP contribution in [0, 0.1) is 0 Å². The molecule has 1 fully saturated rings. The van der Waals surface area contributed by atoms with Crippen LogP contribution in [-0.4, -0.2) is 45.4 Å². The molecule has 1 aliphatic rings. The fourth-order valence-electron chi connectivity index (χ4n) is 2.58. The van der Waals surface area contributed by atoms with Crippen LogP contribution in [-0.2, 0) is 4.74 Å². The Morgan fingerprint density at radius 2 is 2.00 bits per heavy atom. The largest absolute Gasteiger partial charge is 0.490 e. The Hall–Kier alpha value is -1.30. The highest BCUT2D eigenvalue weighted by Crippen LogP contribution is 2.24. The van der Waals surface area contributed by atoms with E-state index in [0.29, 0.717) is 24.8 Å². The Bertz CT molecular complexity index is 465. The quantitative estimate of drug-likeness (QED) is 0.676. The summed E-state index contributed by atoms with van der Waals surface area (Å²) in [6, 6.07) is 7.43. The lowest BCUT2D eigenvalue weighted by molar-refractivity contribution is 0.0953. The molecule has 0 atom stereocenters. The molecule has 2 rings (SSSR count). The van der Waals surface area contributed by atoms with Gasteiger partial charge < -0.3 is 20.1 Å². The molecule has 0 unspecified atom stereocenters. The molecule has 23 heavy (non-hydrogen) atoms. The fourth-order valence-corrected chi connectivity index (χ4v) is 2.58. The van der Waals surface area contributed by atoms with E-state index < -0.39 is 0 Å². The maximum atomic E-state index is 12.1. The summed E-state index contributed by atoms with van der Waals surface area (Å²) >= 11 is 0. The summed E-state index contributed by atoms with van der Waals surface area (Å²) in [7, 11) is 1.67. The molecule has 1 aromatic carbocycles. The van der Waals surface area contributed by atoms with E-state index in [9.17, 15) is 4.79 Å². The molecule has 0 radical (unpaired) electrons. The monoisotopic (exact) mass is 342 g/mol. The number of halogens is 1. The van der Waals surface area contributed by atoms with Gasteiger partial charge in [-0.15, -0.1) is 12.4 Å². The molecule has 5 nitrogen and oxygen atoms in total. The van der Waals surface area contributed by atoms with Gasteiger partial charge in [-0.25, -0.2) is 0 Å². The fraction of sp³-hybridized carbons (Fsp3) is 0.588. The normalized spacial score (nSPS) is 14.3. The smallest absolute Gasteiger partial charge is 0.251 e. The first-order valence-electron chi connectivity index (χ1n) is 8.04. The molecule has 130 valence electrons. The number of hydrogen-bond acceptors (Lipinski definition) is 4. The van der Waals surface area contributed by atoms with Gasteiger partial charge in [0.15, 0.2) is 0 Å². The van der Waals surface area contributed by atoms with Gasteiger partial charge in [-0.2, -0.15) is 0 Å². The van der Waals surface area contributed by atoms with E-state index in [1.807, 2.05) is 24.3 Å². The summed E-state index contributed by atoms with van der Waals surface area (Å²) in [5, 5.41) is 6.09. The number of carbonyl (C=O) groups is 1. The molecule has 0 saturated heterocycles. The number of ether oxygens (including phenoxy) is 2. The van der Waals surface area contributed by atoms with E-state index in [1.165, 1.54) is 12.8 Å². The number of rotatable bonds is 9. The van der Waals surface area contributed by atoms with Crippen molar-refractivity contribution < 1.29 is 14.3 Å². The summed E-state index contributed by atoms with van der Waals surface area (Å²) < 4.78 is 10.9. The SMILES string of the molecule is COCCNCCNC(=O)c1cccc(OC2CCCC2)c1.Cl. The molecule has 0 aliphatic heterocycles. The highest BCUT2D eigenvalue weighted by Gasteiger charge is 2.16. The molecular formula is C17H27ClN2O3. The van der Waals surface area contributed by atoms with Crippen molar-refractivity contribution in [2.45, 2.75) is 31.8 Å². The van der Waals surface area contributed by atoms with Gasteiger partial charge in [-0.1, -0.05) is 6.07 Å². The van der Waals surface area contributed by atoms with Gasteiger partial charge in [-0.05, 0) is 43.9 Å². The molecule has 0 aromatic heterocycles. The zero-order chi connectivity index (χ0) is 15.6. The molecule has 0 spiro atoms. The zero-order valence-electron chi connectivity index (χ0n) is 13.7. The molecule has 6 heteroatoms. The number of methoxy groups -OCH3 is 1. The highest BCUT2D eigenvalue weighted by atomic mass is 35.5. The van der Waals surface area contributed by atoms with Crippen molar-refractivity contribution in [2.75, 3.05) is 33.4 Å². The van der Waals surface area contributed by atoms with Crippen molar-refractivity contribution in [3.8, 4) is 5.75 Å². The van der Waals surface area contributed by atoms with Crippen LogP contribution < -0.4 is 15.4 Å². The Balaban J connectivity index is 0.00000264. The molecule has 2 N–H and O–H groups in total. The minimum absolute atomic E-state index is 0. The van der Waals surface area contributed by atoms with Gasteiger partial charge in [0.25, 0.3) is 5.91 Å². The van der Waals surface area contributed by atoms with Crippen molar-refractivity contribution in [1.82, 2.24) is 10.6 Å². The number of hydrogen-bond donors (Lipinski definition) is 2. The van der Waals surface area contributed by atoms with E-state index in [-0.39, 0.29) is 18.3 Å². The summed E-state index contributed by atoms with van der Waals surface area (Å²) in [6.45, 7) is 2.79. The average Bonchev–Trinajstić information content (AvgIpc) is 3.04. The lowest BCUT2D eigenvalue weighted by Crippen LogP contribution is -2.33. The van der Waals surface area contributed by atoms with Crippen molar-refractivity contribution in [1.29, 1.82) is 0 Å². The Morgan fingerprint density at radius 3 is 2.74 bits per heavy atom. The summed E-state index contributed by atoms with van der Waals surface area (Å²) in [5.74, 6) is 0.725. The van der Waals surface area contributed by atoms with Crippen molar-refractivity contribution in [2.24, 2.45) is 0 Å². The maximum absolute atomic E-state index is 12.1. The van der Waals surface area contributed by atoms with Gasteiger partial charge in [0, 0.05) is 32.3 Å². The van der Waals surface area contributed by atoms with Crippen LogP contribution in [0.5, 0.6) is 5.75 Å². The molecule has 1 aromatic rings. The van der Waals surface area contributed by atoms with Gasteiger partial charge in [0.1, 0.15) is 5.75 Å². The summed E-state index contributed by atoms with van der Waals surface area (Å²) in [5.41, 5.74) is 0.646. The van der Waals surface area contributed by atoms with E-state index >= 15 is 0 Å². The number of amides is 1. The second-order valence-electron chi connectivity index (χ2n) is 5.55. The Labute approximate surface area is 144 Å². The minimum Gasteiger partial charge on any atom is -0.490 e. The van der Waals surface area contributed by atoms with Crippen LogP contribution >= 0.6 is 12.4 Å². The van der Waals surface area contributed by atoms with E-state index in [1.54, 1.807) is 7.11 Å². The first-order chi connectivity index (χ1) is 10.8. The van der Waals surface area contributed by atoms with Crippen LogP contribution in [0.1, 0.15) is 36.0 Å². The van der Waals surface area contributed by atoms with Crippen LogP contribution in [0.25, 0.3) is 0 Å². The third-order valence-electron chi connectivity index (χ3n) is 3.77. The Kier molecular flexibility index (Phi) is 9.67. The molecule has 0 heterocycles. The minimum atomic E-state index is -0.0644. The van der Waals surface area contributed by atoms with Crippen LogP contribution in [0.2, 0.25) is 0 Å². The van der Waals surface area contributed by atoms with E-state index in [2.05, 4.69) is 10.6 Å². The van der Waals surface area contributed by atoms with Gasteiger partial charge in [0.2, 0.25) is 0 Å². The van der Waals surface area contributed by atoms with E-state index in [4.69, 9.17) is 9.47 Å². The average molecular weight is 343 g/mol. The van der Waals surface area contributed by atoms with Crippen molar-refractivity contribution in [3.05, 3.63) is 29.8 Å². The van der Waals surface area contributed by atoms with E-state index in [0.717, 1.165) is 31.7 Å². The first-order valence-corrected chi connectivity index (χ1v) is 8.04. The number of nitrogens with one attached hydrogen (secondary N) is 2. The summed E-state index contributed by atoms with van der Waals surface area (Å²) in [4.78, 5) is 12.1. The molecule has 1 amide bonds. The van der Waals surface area contributed by atoms with Gasteiger partial charge in [0.05, 0.1) is 12.7 Å². The number of benzene rings is 1. The van der Waals surface area contributed by atoms with Gasteiger partial charge in [-0.3, -0.25) is 4.79 Å². The molecule has 0 bridgehead atoms. The second-order valence-corrected chi connectivity index (χ2v) is 5.55. The lowest BCUT2D eigenvalue weighted by atomic mass is 10.2. The van der Waals surface area contributed by atoms with Crippen LogP contribution in [0.3, 0.4) is 0 Å². The molecular weight excluding hydrogens is 316 g/mol. The molecule has 1 aliphatic carbocycles. The zero-order valence-corrected chi connectivity index (χ0v) is 14.5. The standard InChI is InChI=1S/C17H26N2O3.ClH/c1-21-12-11-18-9-10-19-17(20)14-5-4-8-16(13-14)22-15-6-2-3-7-15;/h4-5,8,13,15,18H,2-3,6-7,9-12H2,1H3,(H,19,20);1H. The van der Waals surface area contributed by atoms with Crippen molar-refractivity contribution >= 4 is 18.3 Å². The molecule has 1 saturated carbocycles. The van der Waals surface area contributed by atoms with Crippen LogP contribution in [0.4, 0.5) is 0 Å².